The molecule has 1 aliphatic heterocycles. The largest absolute Gasteiger partial charge is 0.341 e. The van der Waals surface area contributed by atoms with E-state index in [1.165, 1.54) is 5.56 Å². The molecule has 0 bridgehead atoms. The van der Waals surface area contributed by atoms with Crippen molar-refractivity contribution in [1.82, 2.24) is 25.2 Å². The van der Waals surface area contributed by atoms with Crippen molar-refractivity contribution < 1.29 is 4.79 Å². The second-order valence-electron chi connectivity index (χ2n) is 6.50. The number of aromatic nitrogens is 3. The van der Waals surface area contributed by atoms with E-state index >= 15 is 0 Å². The van der Waals surface area contributed by atoms with Gasteiger partial charge in [0.05, 0.1) is 11.7 Å². The van der Waals surface area contributed by atoms with Crippen LogP contribution in [0.5, 0.6) is 0 Å². The van der Waals surface area contributed by atoms with E-state index in [1.54, 1.807) is 29.8 Å². The Kier molecular flexibility index (Phi) is 5.50. The van der Waals surface area contributed by atoms with Crippen LogP contribution >= 0.6 is 11.3 Å². The third-order valence-corrected chi connectivity index (χ3v) is 5.50. The fourth-order valence-corrected chi connectivity index (χ4v) is 3.98. The molecule has 138 valence electrons. The minimum Gasteiger partial charge on any atom is -0.341 e. The SMILES string of the molecule is O=C1CCCN1C[C@H](NCc1csc(-c2ncccn2)n1)c1ccccc1. The smallest absolute Gasteiger partial charge is 0.222 e. The number of rotatable bonds is 7. The summed E-state index contributed by atoms with van der Waals surface area (Å²) >= 11 is 1.54. The molecule has 0 aliphatic carbocycles. The van der Waals surface area contributed by atoms with Crippen LogP contribution in [0.1, 0.15) is 30.1 Å². The van der Waals surface area contributed by atoms with Crippen LogP contribution in [0.4, 0.5) is 0 Å². The summed E-state index contributed by atoms with van der Waals surface area (Å²) in [6.45, 7) is 2.16. The van der Waals surface area contributed by atoms with E-state index in [2.05, 4.69) is 32.4 Å². The summed E-state index contributed by atoms with van der Waals surface area (Å²) < 4.78 is 0. The predicted octanol–water partition coefficient (Wildman–Crippen LogP) is 3.05. The summed E-state index contributed by atoms with van der Waals surface area (Å²) in [6.07, 6.45) is 5.06. The monoisotopic (exact) mass is 379 g/mol. The summed E-state index contributed by atoms with van der Waals surface area (Å²) in [5, 5.41) is 6.42. The van der Waals surface area contributed by atoms with Gasteiger partial charge in [0, 0.05) is 43.8 Å². The molecule has 1 atom stereocenters. The van der Waals surface area contributed by atoms with Crippen LogP contribution in [-0.4, -0.2) is 38.8 Å². The number of carbonyl (C=O) groups excluding carboxylic acids is 1. The average molecular weight is 379 g/mol. The van der Waals surface area contributed by atoms with E-state index in [4.69, 9.17) is 0 Å². The zero-order valence-electron chi connectivity index (χ0n) is 14.9. The lowest BCUT2D eigenvalue weighted by atomic mass is 10.1. The number of hydrogen-bond acceptors (Lipinski definition) is 6. The fourth-order valence-electron chi connectivity index (χ4n) is 3.22. The average Bonchev–Trinajstić information content (AvgIpc) is 3.36. The third-order valence-electron chi connectivity index (χ3n) is 4.61. The van der Waals surface area contributed by atoms with Gasteiger partial charge in [-0.3, -0.25) is 4.79 Å². The second-order valence-corrected chi connectivity index (χ2v) is 7.36. The highest BCUT2D eigenvalue weighted by Crippen LogP contribution is 2.22. The van der Waals surface area contributed by atoms with Gasteiger partial charge in [-0.25, -0.2) is 15.0 Å². The van der Waals surface area contributed by atoms with Gasteiger partial charge >= 0.3 is 0 Å². The van der Waals surface area contributed by atoms with Gasteiger partial charge in [-0.05, 0) is 18.1 Å². The molecule has 1 amide bonds. The van der Waals surface area contributed by atoms with Crippen molar-refractivity contribution in [2.75, 3.05) is 13.1 Å². The first-order chi connectivity index (χ1) is 13.3. The normalized spacial score (nSPS) is 15.3. The Bertz CT molecular complexity index is 884. The highest BCUT2D eigenvalue weighted by Gasteiger charge is 2.24. The van der Waals surface area contributed by atoms with Gasteiger partial charge in [-0.15, -0.1) is 11.3 Å². The van der Waals surface area contributed by atoms with Crippen molar-refractivity contribution in [3.8, 4) is 10.8 Å². The molecule has 0 spiro atoms. The molecule has 2 aromatic heterocycles. The van der Waals surface area contributed by atoms with Crippen LogP contribution in [0, 0.1) is 0 Å². The fraction of sp³-hybridized carbons (Fsp3) is 0.300. The molecule has 1 fully saturated rings. The molecule has 3 heterocycles. The summed E-state index contributed by atoms with van der Waals surface area (Å²) in [5.41, 5.74) is 2.13. The first kappa shape index (κ1) is 17.8. The third kappa shape index (κ3) is 4.37. The Hall–Kier alpha value is -2.64. The van der Waals surface area contributed by atoms with E-state index in [0.717, 1.165) is 23.7 Å². The zero-order valence-corrected chi connectivity index (χ0v) is 15.7. The molecular formula is C20H21N5OS. The lowest BCUT2D eigenvalue weighted by Crippen LogP contribution is -2.35. The van der Waals surface area contributed by atoms with Crippen molar-refractivity contribution in [3.63, 3.8) is 0 Å². The molecule has 1 saturated heterocycles. The van der Waals surface area contributed by atoms with Crippen molar-refractivity contribution in [3.05, 3.63) is 65.4 Å². The maximum absolute atomic E-state index is 12.0. The number of nitrogens with zero attached hydrogens (tertiary/aromatic N) is 4. The molecule has 1 N–H and O–H groups in total. The maximum Gasteiger partial charge on any atom is 0.222 e. The minimum atomic E-state index is 0.0753. The number of hydrogen-bond donors (Lipinski definition) is 1. The van der Waals surface area contributed by atoms with Gasteiger partial charge in [0.2, 0.25) is 5.91 Å². The number of thiazole rings is 1. The molecule has 0 radical (unpaired) electrons. The summed E-state index contributed by atoms with van der Waals surface area (Å²) in [7, 11) is 0. The molecule has 4 rings (SSSR count). The van der Waals surface area contributed by atoms with Gasteiger partial charge in [0.1, 0.15) is 0 Å². The Balaban J connectivity index is 1.45. The van der Waals surface area contributed by atoms with E-state index in [0.29, 0.717) is 25.3 Å². The molecule has 3 aromatic rings. The Labute approximate surface area is 162 Å². The van der Waals surface area contributed by atoms with Crippen molar-refractivity contribution in [2.24, 2.45) is 0 Å². The summed E-state index contributed by atoms with van der Waals surface area (Å²) in [6, 6.07) is 12.1. The van der Waals surface area contributed by atoms with Crippen LogP contribution in [0.15, 0.2) is 54.2 Å². The Morgan fingerprint density at radius 2 is 1.96 bits per heavy atom. The first-order valence-electron chi connectivity index (χ1n) is 9.07. The van der Waals surface area contributed by atoms with Crippen LogP contribution in [-0.2, 0) is 11.3 Å². The lowest BCUT2D eigenvalue weighted by Gasteiger charge is -2.25. The van der Waals surface area contributed by atoms with Crippen LogP contribution in [0.2, 0.25) is 0 Å². The number of amides is 1. The minimum absolute atomic E-state index is 0.0753. The van der Waals surface area contributed by atoms with Gasteiger partial charge < -0.3 is 10.2 Å². The van der Waals surface area contributed by atoms with Gasteiger partial charge in [-0.1, -0.05) is 30.3 Å². The van der Waals surface area contributed by atoms with Gasteiger partial charge in [0.25, 0.3) is 0 Å². The second kappa shape index (κ2) is 8.37. The molecule has 0 unspecified atom stereocenters. The Morgan fingerprint density at radius 3 is 2.70 bits per heavy atom. The highest BCUT2D eigenvalue weighted by atomic mass is 32.1. The number of likely N-dealkylation sites (tertiary alicyclic amines) is 1. The standard InChI is InChI=1S/C20H21N5OS/c26-18-8-4-11-25(18)13-17(15-6-2-1-3-7-15)23-12-16-14-27-20(24-16)19-21-9-5-10-22-19/h1-3,5-7,9-10,14,17,23H,4,8,11-13H2/t17-/m0/s1. The molecule has 1 aliphatic rings. The van der Waals surface area contributed by atoms with Crippen molar-refractivity contribution in [2.45, 2.75) is 25.4 Å². The lowest BCUT2D eigenvalue weighted by molar-refractivity contribution is -0.128. The van der Waals surface area contributed by atoms with Crippen molar-refractivity contribution >= 4 is 17.2 Å². The van der Waals surface area contributed by atoms with Crippen LogP contribution in [0.25, 0.3) is 10.8 Å². The molecule has 27 heavy (non-hydrogen) atoms. The zero-order chi connectivity index (χ0) is 18.5. The Morgan fingerprint density at radius 1 is 1.15 bits per heavy atom. The first-order valence-corrected chi connectivity index (χ1v) is 9.95. The molecule has 6 nitrogen and oxygen atoms in total. The topological polar surface area (TPSA) is 71.0 Å². The maximum atomic E-state index is 12.0. The quantitative estimate of drug-likeness (QED) is 0.683. The van der Waals surface area contributed by atoms with Gasteiger partial charge in [-0.2, -0.15) is 0 Å². The number of benzene rings is 1. The van der Waals surface area contributed by atoms with Gasteiger partial charge in [0.15, 0.2) is 10.8 Å². The van der Waals surface area contributed by atoms with Crippen LogP contribution < -0.4 is 5.32 Å². The summed E-state index contributed by atoms with van der Waals surface area (Å²) in [4.78, 5) is 27.2. The molecule has 7 heteroatoms. The molecule has 0 saturated carbocycles. The molecule has 1 aromatic carbocycles. The highest BCUT2D eigenvalue weighted by molar-refractivity contribution is 7.13. The van der Waals surface area contributed by atoms with E-state index < -0.39 is 0 Å². The molecular weight excluding hydrogens is 358 g/mol. The van der Waals surface area contributed by atoms with E-state index in [-0.39, 0.29) is 11.9 Å². The summed E-state index contributed by atoms with van der Waals surface area (Å²) in [5.74, 6) is 0.894. The number of nitrogens with one attached hydrogen (secondary N) is 1. The van der Waals surface area contributed by atoms with E-state index in [9.17, 15) is 4.79 Å². The van der Waals surface area contributed by atoms with Crippen LogP contribution in [0.3, 0.4) is 0 Å². The van der Waals surface area contributed by atoms with E-state index in [1.807, 2.05) is 28.5 Å². The predicted molar refractivity (Wildman–Crippen MR) is 105 cm³/mol. The number of carbonyl (C=O) groups is 1. The van der Waals surface area contributed by atoms with Crippen molar-refractivity contribution in [1.29, 1.82) is 0 Å².